The van der Waals surface area contributed by atoms with Crippen molar-refractivity contribution in [3.05, 3.63) is 75.8 Å². The summed E-state index contributed by atoms with van der Waals surface area (Å²) in [6.45, 7) is 1.97. The van der Waals surface area contributed by atoms with Crippen LogP contribution in [0.3, 0.4) is 0 Å². The van der Waals surface area contributed by atoms with Crippen LogP contribution in [0, 0.1) is 10.1 Å². The lowest BCUT2D eigenvalue weighted by molar-refractivity contribution is -0.550. The van der Waals surface area contributed by atoms with E-state index in [1.165, 1.54) is 0 Å². The third kappa shape index (κ3) is 2.28. The number of nitrogens with zero attached hydrogens (tertiary/aromatic N) is 1. The molecule has 0 radical (unpaired) electrons. The second-order valence-electron chi connectivity index (χ2n) is 6.48. The molecule has 1 N–H and O–H groups in total. The standard InChI is InChI=1S/C18H18N2O3/c1-18-11-14(12-7-3-2-4-8-12)16(20(21)22)17(23-18)13-9-5-6-10-15(13)19-18/h2-10,14,16-17,19H,11H2,1H3/t14-,16+,17+,18-/m0/s1. The van der Waals surface area contributed by atoms with Crippen molar-refractivity contribution in [1.29, 1.82) is 0 Å². The van der Waals surface area contributed by atoms with Crippen LogP contribution in [0.5, 0.6) is 0 Å². The zero-order valence-corrected chi connectivity index (χ0v) is 12.8. The van der Waals surface area contributed by atoms with Crippen LogP contribution in [0.25, 0.3) is 0 Å². The fourth-order valence-corrected chi connectivity index (χ4v) is 3.89. The largest absolute Gasteiger partial charge is 0.357 e. The molecule has 0 unspecified atom stereocenters. The van der Waals surface area contributed by atoms with E-state index >= 15 is 0 Å². The minimum absolute atomic E-state index is 0.177. The van der Waals surface area contributed by atoms with E-state index in [1.54, 1.807) is 0 Å². The van der Waals surface area contributed by atoms with Crippen molar-refractivity contribution in [3.63, 3.8) is 0 Å². The highest BCUT2D eigenvalue weighted by Crippen LogP contribution is 2.51. The Labute approximate surface area is 134 Å². The fourth-order valence-electron chi connectivity index (χ4n) is 3.89. The van der Waals surface area contributed by atoms with E-state index in [1.807, 2.05) is 61.5 Å². The fraction of sp³-hybridized carbons (Fsp3) is 0.333. The van der Waals surface area contributed by atoms with Crippen molar-refractivity contribution in [3.8, 4) is 0 Å². The molecule has 1 saturated heterocycles. The van der Waals surface area contributed by atoms with Gasteiger partial charge < -0.3 is 10.1 Å². The Hall–Kier alpha value is -2.40. The molecule has 1 fully saturated rings. The molecule has 118 valence electrons. The lowest BCUT2D eigenvalue weighted by atomic mass is 9.76. The molecule has 2 aliphatic heterocycles. The Morgan fingerprint density at radius 1 is 1.17 bits per heavy atom. The number of nitro groups is 1. The molecule has 0 spiro atoms. The lowest BCUT2D eigenvalue weighted by Gasteiger charge is -2.48. The number of benzene rings is 2. The average Bonchev–Trinajstić information content (AvgIpc) is 2.54. The van der Waals surface area contributed by atoms with E-state index < -0.39 is 17.9 Å². The van der Waals surface area contributed by atoms with Crippen molar-refractivity contribution in [2.75, 3.05) is 5.32 Å². The Morgan fingerprint density at radius 2 is 1.87 bits per heavy atom. The molecular formula is C18H18N2O3. The second kappa shape index (κ2) is 5.06. The summed E-state index contributed by atoms with van der Waals surface area (Å²) in [6.07, 6.45) is 0.0273. The molecule has 0 amide bonds. The summed E-state index contributed by atoms with van der Waals surface area (Å²) in [5, 5.41) is 15.3. The summed E-state index contributed by atoms with van der Waals surface area (Å²) < 4.78 is 6.11. The molecule has 2 heterocycles. The van der Waals surface area contributed by atoms with Crippen molar-refractivity contribution in [2.24, 2.45) is 0 Å². The number of hydrogen-bond donors (Lipinski definition) is 1. The Bertz CT molecular complexity index is 749. The van der Waals surface area contributed by atoms with Crippen molar-refractivity contribution < 1.29 is 9.66 Å². The van der Waals surface area contributed by atoms with E-state index in [-0.39, 0.29) is 10.8 Å². The van der Waals surface area contributed by atoms with Gasteiger partial charge in [0.15, 0.2) is 6.10 Å². The van der Waals surface area contributed by atoms with E-state index in [9.17, 15) is 10.1 Å². The van der Waals surface area contributed by atoms with Crippen molar-refractivity contribution in [1.82, 2.24) is 0 Å². The lowest BCUT2D eigenvalue weighted by Crippen LogP contribution is -2.55. The summed E-state index contributed by atoms with van der Waals surface area (Å²) in [6, 6.07) is 16.7. The predicted molar refractivity (Wildman–Crippen MR) is 86.9 cm³/mol. The van der Waals surface area contributed by atoms with Crippen LogP contribution in [0.1, 0.15) is 36.5 Å². The zero-order chi connectivity index (χ0) is 16.0. The predicted octanol–water partition coefficient (Wildman–Crippen LogP) is 3.72. The van der Waals surface area contributed by atoms with Gasteiger partial charge in [-0.1, -0.05) is 48.5 Å². The first-order valence-electron chi connectivity index (χ1n) is 7.81. The van der Waals surface area contributed by atoms with Gasteiger partial charge in [0.1, 0.15) is 5.72 Å². The Balaban J connectivity index is 1.84. The molecule has 0 saturated carbocycles. The minimum atomic E-state index is -0.784. The van der Waals surface area contributed by atoms with E-state index in [0.717, 1.165) is 16.8 Å². The molecule has 4 rings (SSSR count). The number of rotatable bonds is 2. The molecule has 5 nitrogen and oxygen atoms in total. The first-order chi connectivity index (χ1) is 11.1. The van der Waals surface area contributed by atoms with E-state index in [4.69, 9.17) is 4.74 Å². The van der Waals surface area contributed by atoms with Crippen molar-refractivity contribution >= 4 is 5.69 Å². The quantitative estimate of drug-likeness (QED) is 0.678. The van der Waals surface area contributed by atoms with Gasteiger partial charge in [-0.15, -0.1) is 0 Å². The number of ether oxygens (including phenoxy) is 1. The van der Waals surface area contributed by atoms with Crippen molar-refractivity contribution in [2.45, 2.75) is 37.1 Å². The van der Waals surface area contributed by atoms with Gasteiger partial charge in [-0.05, 0) is 18.6 Å². The second-order valence-corrected chi connectivity index (χ2v) is 6.48. The Morgan fingerprint density at radius 3 is 2.61 bits per heavy atom. The van der Waals surface area contributed by atoms with E-state index in [0.29, 0.717) is 6.42 Å². The number of fused-ring (bicyclic) bond motifs is 4. The molecule has 2 aromatic rings. The molecule has 0 aromatic heterocycles. The first kappa shape index (κ1) is 14.2. The molecule has 2 aliphatic rings. The maximum atomic E-state index is 11.9. The molecule has 23 heavy (non-hydrogen) atoms. The molecule has 5 heteroatoms. The van der Waals surface area contributed by atoms with Gasteiger partial charge >= 0.3 is 0 Å². The summed E-state index contributed by atoms with van der Waals surface area (Å²) in [5.41, 5.74) is 2.21. The van der Waals surface area contributed by atoms with Crippen LogP contribution in [0.15, 0.2) is 54.6 Å². The summed E-state index contributed by atoms with van der Waals surface area (Å²) in [5.74, 6) is -0.184. The Kier molecular flexibility index (Phi) is 3.13. The topological polar surface area (TPSA) is 64.4 Å². The van der Waals surface area contributed by atoms with Crippen LogP contribution in [-0.4, -0.2) is 16.7 Å². The van der Waals surface area contributed by atoms with Crippen LogP contribution in [-0.2, 0) is 4.74 Å². The normalized spacial score (nSPS) is 31.8. The van der Waals surface area contributed by atoms with Crippen LogP contribution in [0.2, 0.25) is 0 Å². The van der Waals surface area contributed by atoms with Gasteiger partial charge in [0.05, 0.1) is 5.92 Å². The maximum Gasteiger partial charge on any atom is 0.250 e. The highest BCUT2D eigenvalue weighted by molar-refractivity contribution is 5.56. The molecule has 0 aliphatic carbocycles. The smallest absolute Gasteiger partial charge is 0.250 e. The van der Waals surface area contributed by atoms with Gasteiger partial charge in [0, 0.05) is 22.6 Å². The molecular weight excluding hydrogens is 292 g/mol. The highest BCUT2D eigenvalue weighted by Gasteiger charge is 2.55. The van der Waals surface area contributed by atoms with Crippen LogP contribution in [0.4, 0.5) is 5.69 Å². The first-order valence-corrected chi connectivity index (χ1v) is 7.81. The van der Waals surface area contributed by atoms with Gasteiger partial charge in [-0.2, -0.15) is 0 Å². The zero-order valence-electron chi connectivity index (χ0n) is 12.8. The average molecular weight is 310 g/mol. The third-order valence-corrected chi connectivity index (χ3v) is 4.86. The van der Waals surface area contributed by atoms with Gasteiger partial charge in [-0.3, -0.25) is 10.1 Å². The van der Waals surface area contributed by atoms with Gasteiger partial charge in [0.25, 0.3) is 0 Å². The van der Waals surface area contributed by atoms with Crippen LogP contribution < -0.4 is 5.32 Å². The third-order valence-electron chi connectivity index (χ3n) is 4.86. The summed E-state index contributed by atoms with van der Waals surface area (Å²) in [4.78, 5) is 11.7. The summed E-state index contributed by atoms with van der Waals surface area (Å²) in [7, 11) is 0. The maximum absolute atomic E-state index is 11.9. The van der Waals surface area contributed by atoms with Gasteiger partial charge in [0.2, 0.25) is 6.04 Å². The molecule has 4 atom stereocenters. The number of nitrogens with one attached hydrogen (secondary N) is 1. The SMILES string of the molecule is C[C@@]12C[C@@H](c3ccccc3)[C@@H]([N+](=O)[O-])[C@H](O1)c1ccccc1N2. The molecule has 2 bridgehead atoms. The highest BCUT2D eigenvalue weighted by atomic mass is 16.6. The van der Waals surface area contributed by atoms with Crippen LogP contribution >= 0.6 is 0 Å². The molecule has 2 aromatic carbocycles. The number of hydrogen-bond acceptors (Lipinski definition) is 4. The van der Waals surface area contributed by atoms with Gasteiger partial charge in [-0.25, -0.2) is 0 Å². The van der Waals surface area contributed by atoms with E-state index in [2.05, 4.69) is 5.32 Å². The number of para-hydroxylation sites is 1. The summed E-state index contributed by atoms with van der Waals surface area (Å²) >= 11 is 0. The monoisotopic (exact) mass is 310 g/mol. The minimum Gasteiger partial charge on any atom is -0.357 e. The number of anilines is 1.